The Morgan fingerprint density at radius 2 is 1.58 bits per heavy atom. The van der Waals surface area contributed by atoms with Gasteiger partial charge in [-0.25, -0.2) is 4.98 Å². The van der Waals surface area contributed by atoms with Gasteiger partial charge in [0.1, 0.15) is 0 Å². The van der Waals surface area contributed by atoms with Crippen LogP contribution in [0.4, 0.5) is 11.8 Å². The fraction of sp³-hybridized carbons (Fsp3) is 0.708. The molecule has 36 heavy (non-hydrogen) atoms. The van der Waals surface area contributed by atoms with E-state index in [4.69, 9.17) is 14.7 Å². The van der Waals surface area contributed by atoms with Gasteiger partial charge >= 0.3 is 0 Å². The van der Waals surface area contributed by atoms with E-state index in [0.29, 0.717) is 44.2 Å². The van der Waals surface area contributed by atoms with Gasteiger partial charge in [-0.15, -0.1) is 0 Å². The number of nitrogens with one attached hydrogen (secondary N) is 2. The summed E-state index contributed by atoms with van der Waals surface area (Å²) in [5.74, 6) is 1.73. The first-order valence-electron chi connectivity index (χ1n) is 13.2. The second kappa shape index (κ2) is 11.8. The van der Waals surface area contributed by atoms with Gasteiger partial charge in [-0.1, -0.05) is 0 Å². The lowest BCUT2D eigenvalue weighted by Gasteiger charge is -2.26. The Hall–Kier alpha value is -2.99. The standard InChI is InChI=1S/C24H37N9O3/c34-19-4-1-8-31(19)10-3-6-25-22-21-23(33(18-27-21)13-12-32-9-2-5-20(32)35)29-24(28-22)26-7-11-30-14-16-36-17-15-30/h18H,1-17H2,(H2,25,26,28,29). The van der Waals surface area contributed by atoms with Crippen LogP contribution in [-0.4, -0.2) is 118 Å². The minimum absolute atomic E-state index is 0.221. The smallest absolute Gasteiger partial charge is 0.226 e. The van der Waals surface area contributed by atoms with Crippen LogP contribution in [0.2, 0.25) is 0 Å². The van der Waals surface area contributed by atoms with Crippen molar-refractivity contribution >= 4 is 34.7 Å². The zero-order valence-corrected chi connectivity index (χ0v) is 21.0. The van der Waals surface area contributed by atoms with Crippen LogP contribution in [0.5, 0.6) is 0 Å². The summed E-state index contributed by atoms with van der Waals surface area (Å²) >= 11 is 0. The average Bonchev–Trinajstić information content (AvgIpc) is 3.61. The van der Waals surface area contributed by atoms with Crippen molar-refractivity contribution in [3.63, 3.8) is 0 Å². The van der Waals surface area contributed by atoms with Gasteiger partial charge in [0, 0.05) is 78.3 Å². The summed E-state index contributed by atoms with van der Waals surface area (Å²) in [4.78, 5) is 44.2. The van der Waals surface area contributed by atoms with Gasteiger partial charge in [-0.3, -0.25) is 14.5 Å². The second-order valence-corrected chi connectivity index (χ2v) is 9.64. The first-order chi connectivity index (χ1) is 17.7. The van der Waals surface area contributed by atoms with E-state index in [0.717, 1.165) is 89.5 Å². The van der Waals surface area contributed by atoms with Crippen molar-refractivity contribution in [3.05, 3.63) is 6.33 Å². The fourth-order valence-electron chi connectivity index (χ4n) is 5.05. The highest BCUT2D eigenvalue weighted by Gasteiger charge is 2.21. The number of ether oxygens (including phenoxy) is 1. The van der Waals surface area contributed by atoms with Gasteiger partial charge in [0.25, 0.3) is 0 Å². The number of aromatic nitrogens is 4. The van der Waals surface area contributed by atoms with Gasteiger partial charge in [0.2, 0.25) is 17.8 Å². The molecule has 3 aliphatic heterocycles. The van der Waals surface area contributed by atoms with E-state index in [1.807, 2.05) is 14.4 Å². The number of likely N-dealkylation sites (tertiary alicyclic amines) is 2. The van der Waals surface area contributed by atoms with Gasteiger partial charge in [-0.2, -0.15) is 9.97 Å². The molecule has 0 unspecified atom stereocenters. The molecule has 3 fully saturated rings. The van der Waals surface area contributed by atoms with E-state index in [9.17, 15) is 9.59 Å². The molecule has 0 aliphatic carbocycles. The molecule has 0 spiro atoms. The van der Waals surface area contributed by atoms with Crippen LogP contribution in [0.3, 0.4) is 0 Å². The molecule has 0 aromatic carbocycles. The molecule has 5 heterocycles. The van der Waals surface area contributed by atoms with Crippen LogP contribution >= 0.6 is 0 Å². The lowest BCUT2D eigenvalue weighted by molar-refractivity contribution is -0.128. The largest absolute Gasteiger partial charge is 0.379 e. The van der Waals surface area contributed by atoms with Crippen LogP contribution < -0.4 is 10.6 Å². The molecule has 196 valence electrons. The summed E-state index contributed by atoms with van der Waals surface area (Å²) in [6.07, 6.45) is 5.82. The number of morpholine rings is 1. The molecular weight excluding hydrogens is 462 g/mol. The summed E-state index contributed by atoms with van der Waals surface area (Å²) < 4.78 is 7.44. The van der Waals surface area contributed by atoms with Crippen LogP contribution in [0.25, 0.3) is 11.2 Å². The number of imidazole rings is 1. The first kappa shape index (κ1) is 24.7. The summed E-state index contributed by atoms with van der Waals surface area (Å²) in [5.41, 5.74) is 1.47. The number of hydrogen-bond donors (Lipinski definition) is 2. The average molecular weight is 500 g/mol. The van der Waals surface area contributed by atoms with Gasteiger partial charge < -0.3 is 29.7 Å². The fourth-order valence-corrected chi connectivity index (χ4v) is 5.05. The molecule has 2 aromatic heterocycles. The zero-order chi connectivity index (χ0) is 24.7. The third kappa shape index (κ3) is 6.04. The van der Waals surface area contributed by atoms with Crippen molar-refractivity contribution in [2.45, 2.75) is 38.6 Å². The van der Waals surface area contributed by atoms with Crippen LogP contribution in [0, 0.1) is 0 Å². The summed E-state index contributed by atoms with van der Waals surface area (Å²) in [6.45, 7) is 9.48. The number of rotatable bonds is 12. The molecular formula is C24H37N9O3. The topological polar surface area (TPSA) is 121 Å². The predicted octanol–water partition coefficient (Wildman–Crippen LogP) is 0.617. The Labute approximate surface area is 211 Å². The van der Waals surface area contributed by atoms with Gasteiger partial charge in [0.05, 0.1) is 19.5 Å². The van der Waals surface area contributed by atoms with Crippen molar-refractivity contribution in [3.8, 4) is 0 Å². The number of carbonyl (C=O) groups excluding carboxylic acids is 2. The molecule has 5 rings (SSSR count). The number of nitrogens with zero attached hydrogens (tertiary/aromatic N) is 7. The first-order valence-corrected chi connectivity index (χ1v) is 13.2. The van der Waals surface area contributed by atoms with E-state index in [-0.39, 0.29) is 11.8 Å². The van der Waals surface area contributed by atoms with Crippen molar-refractivity contribution in [2.75, 3.05) is 82.8 Å². The number of anilines is 2. The van der Waals surface area contributed by atoms with Gasteiger partial charge in [0.15, 0.2) is 17.0 Å². The van der Waals surface area contributed by atoms with Crippen LogP contribution in [-0.2, 0) is 20.9 Å². The number of amides is 2. The molecule has 2 aromatic rings. The third-order valence-electron chi connectivity index (χ3n) is 7.13. The van der Waals surface area contributed by atoms with E-state index < -0.39 is 0 Å². The summed E-state index contributed by atoms with van der Waals surface area (Å²) in [7, 11) is 0. The van der Waals surface area contributed by atoms with E-state index >= 15 is 0 Å². The highest BCUT2D eigenvalue weighted by Crippen LogP contribution is 2.22. The van der Waals surface area contributed by atoms with Crippen LogP contribution in [0.1, 0.15) is 32.1 Å². The minimum Gasteiger partial charge on any atom is -0.379 e. The molecule has 3 aliphatic rings. The normalized spacial score (nSPS) is 19.1. The van der Waals surface area contributed by atoms with Crippen molar-refractivity contribution in [1.82, 2.24) is 34.2 Å². The maximum absolute atomic E-state index is 12.0. The molecule has 2 N–H and O–H groups in total. The summed E-state index contributed by atoms with van der Waals surface area (Å²) in [6, 6.07) is 0. The zero-order valence-electron chi connectivity index (χ0n) is 21.0. The van der Waals surface area contributed by atoms with Crippen LogP contribution in [0.15, 0.2) is 6.33 Å². The molecule has 0 atom stereocenters. The molecule has 0 saturated carbocycles. The summed E-state index contributed by atoms with van der Waals surface area (Å²) in [5, 5.41) is 6.81. The molecule has 12 heteroatoms. The van der Waals surface area contributed by atoms with Crippen molar-refractivity contribution < 1.29 is 14.3 Å². The van der Waals surface area contributed by atoms with Crippen molar-refractivity contribution in [1.29, 1.82) is 0 Å². The number of fused-ring (bicyclic) bond motifs is 1. The Kier molecular flexibility index (Phi) is 8.11. The Bertz CT molecular complexity index is 1050. The third-order valence-corrected chi connectivity index (χ3v) is 7.13. The van der Waals surface area contributed by atoms with Crippen molar-refractivity contribution in [2.24, 2.45) is 0 Å². The Balaban J connectivity index is 1.25. The molecule has 12 nitrogen and oxygen atoms in total. The van der Waals surface area contributed by atoms with Gasteiger partial charge in [-0.05, 0) is 19.3 Å². The molecule has 0 radical (unpaired) electrons. The quantitative estimate of drug-likeness (QED) is 0.405. The lowest BCUT2D eigenvalue weighted by Crippen LogP contribution is -2.39. The monoisotopic (exact) mass is 499 g/mol. The van der Waals surface area contributed by atoms with E-state index in [1.165, 1.54) is 0 Å². The Morgan fingerprint density at radius 1 is 0.833 bits per heavy atom. The Morgan fingerprint density at radius 3 is 2.31 bits per heavy atom. The molecule has 2 amide bonds. The highest BCUT2D eigenvalue weighted by molar-refractivity contribution is 5.84. The second-order valence-electron chi connectivity index (χ2n) is 9.64. The SMILES string of the molecule is O=C1CCCN1CCCNc1nc(NCCN2CCOCC2)nc2c1ncn2CCN1CCCC1=O. The number of carbonyl (C=O) groups is 2. The number of hydrogen-bond acceptors (Lipinski definition) is 9. The van der Waals surface area contributed by atoms with E-state index in [2.05, 4.69) is 20.5 Å². The predicted molar refractivity (Wildman–Crippen MR) is 136 cm³/mol. The maximum Gasteiger partial charge on any atom is 0.226 e. The van der Waals surface area contributed by atoms with E-state index in [1.54, 1.807) is 6.33 Å². The molecule has 3 saturated heterocycles. The highest BCUT2D eigenvalue weighted by atomic mass is 16.5. The lowest BCUT2D eigenvalue weighted by atomic mass is 10.3. The maximum atomic E-state index is 12.0. The minimum atomic E-state index is 0.221. The molecule has 0 bridgehead atoms.